The molecule has 0 saturated carbocycles. The summed E-state index contributed by atoms with van der Waals surface area (Å²) in [5.41, 5.74) is 0.547. The molecule has 3 unspecified atom stereocenters. The Balaban J connectivity index is 1.90. The van der Waals surface area contributed by atoms with Crippen molar-refractivity contribution in [1.29, 1.82) is 0 Å². The Kier molecular flexibility index (Phi) is 3.30. The van der Waals surface area contributed by atoms with E-state index < -0.39 is 0 Å². The number of thiophene rings is 1. The lowest BCUT2D eigenvalue weighted by Crippen LogP contribution is -2.42. The van der Waals surface area contributed by atoms with Crippen LogP contribution in [0.2, 0.25) is 8.67 Å². The number of halogens is 2. The van der Waals surface area contributed by atoms with Crippen molar-refractivity contribution in [3.8, 4) is 0 Å². The van der Waals surface area contributed by atoms with Gasteiger partial charge in [0.15, 0.2) is 0 Å². The maximum Gasteiger partial charge on any atom is 0.256 e. The molecule has 2 fully saturated rings. The van der Waals surface area contributed by atoms with Gasteiger partial charge < -0.3 is 10.2 Å². The van der Waals surface area contributed by atoms with Crippen molar-refractivity contribution in [3.05, 3.63) is 20.3 Å². The van der Waals surface area contributed by atoms with Crippen molar-refractivity contribution in [2.75, 3.05) is 13.1 Å². The second kappa shape index (κ2) is 4.67. The zero-order chi connectivity index (χ0) is 12.9. The number of nitrogens with zero attached hydrogens (tertiary/aromatic N) is 1. The minimum absolute atomic E-state index is 0.0202. The number of rotatable bonds is 1. The quantitative estimate of drug-likeness (QED) is 0.865. The first-order valence-corrected chi connectivity index (χ1v) is 7.63. The van der Waals surface area contributed by atoms with Crippen molar-refractivity contribution in [1.82, 2.24) is 10.2 Å². The molecule has 1 amide bonds. The van der Waals surface area contributed by atoms with Gasteiger partial charge in [-0.15, -0.1) is 11.3 Å². The molecule has 3 atom stereocenters. The molecule has 6 heteroatoms. The Bertz CT molecular complexity index is 490. The minimum atomic E-state index is 0.0202. The van der Waals surface area contributed by atoms with Gasteiger partial charge in [0.05, 0.1) is 9.90 Å². The monoisotopic (exact) mass is 304 g/mol. The summed E-state index contributed by atoms with van der Waals surface area (Å²) in [5, 5.41) is 3.35. The van der Waals surface area contributed by atoms with E-state index in [-0.39, 0.29) is 11.9 Å². The lowest BCUT2D eigenvalue weighted by Gasteiger charge is -2.27. The molecule has 2 saturated heterocycles. The van der Waals surface area contributed by atoms with Crippen LogP contribution < -0.4 is 5.32 Å². The van der Waals surface area contributed by atoms with E-state index in [1.54, 1.807) is 6.07 Å². The van der Waals surface area contributed by atoms with Gasteiger partial charge in [0.25, 0.3) is 5.91 Å². The van der Waals surface area contributed by atoms with Crippen LogP contribution in [0.4, 0.5) is 0 Å². The Hall–Kier alpha value is -0.290. The summed E-state index contributed by atoms with van der Waals surface area (Å²) < 4.78 is 1.06. The van der Waals surface area contributed by atoms with E-state index in [1.165, 1.54) is 11.3 Å². The molecule has 98 valence electrons. The number of fused-ring (bicyclic) bond motifs is 1. The number of carbonyl (C=O) groups excluding carboxylic acids is 1. The summed E-state index contributed by atoms with van der Waals surface area (Å²) in [7, 11) is 0. The molecule has 3 heterocycles. The van der Waals surface area contributed by atoms with Gasteiger partial charge in [0, 0.05) is 25.2 Å². The van der Waals surface area contributed by atoms with Crippen LogP contribution in [0, 0.1) is 5.92 Å². The highest BCUT2D eigenvalue weighted by atomic mass is 35.5. The van der Waals surface area contributed by atoms with Crippen molar-refractivity contribution in [2.45, 2.75) is 25.4 Å². The average Bonchev–Trinajstić information content (AvgIpc) is 2.92. The van der Waals surface area contributed by atoms with Crippen molar-refractivity contribution < 1.29 is 4.79 Å². The number of likely N-dealkylation sites (tertiary alicyclic amines) is 1. The Labute approximate surface area is 120 Å². The number of hydrogen-bond donors (Lipinski definition) is 1. The zero-order valence-corrected chi connectivity index (χ0v) is 12.3. The van der Waals surface area contributed by atoms with E-state index in [9.17, 15) is 4.79 Å². The maximum atomic E-state index is 12.6. The van der Waals surface area contributed by atoms with Crippen LogP contribution in [0.5, 0.6) is 0 Å². The van der Waals surface area contributed by atoms with Crippen molar-refractivity contribution in [3.63, 3.8) is 0 Å². The predicted octanol–water partition coefficient (Wildman–Crippen LogP) is 2.88. The van der Waals surface area contributed by atoms with E-state index >= 15 is 0 Å². The average molecular weight is 305 g/mol. The van der Waals surface area contributed by atoms with E-state index in [2.05, 4.69) is 12.2 Å². The fraction of sp³-hybridized carbons (Fsp3) is 0.583. The van der Waals surface area contributed by atoms with Gasteiger partial charge in [-0.2, -0.15) is 0 Å². The minimum Gasteiger partial charge on any atom is -0.331 e. The molecule has 18 heavy (non-hydrogen) atoms. The molecule has 3 nitrogen and oxygen atoms in total. The largest absolute Gasteiger partial charge is 0.331 e. The number of hydrogen-bond acceptors (Lipinski definition) is 3. The first kappa shape index (κ1) is 12.7. The molecule has 2 aliphatic heterocycles. The van der Waals surface area contributed by atoms with E-state index in [4.69, 9.17) is 23.2 Å². The first-order chi connectivity index (χ1) is 8.58. The normalized spacial score (nSPS) is 30.8. The molecule has 0 aromatic carbocycles. The van der Waals surface area contributed by atoms with Gasteiger partial charge in [0.1, 0.15) is 4.34 Å². The Morgan fingerprint density at radius 2 is 2.28 bits per heavy atom. The van der Waals surface area contributed by atoms with E-state index in [1.807, 2.05) is 4.90 Å². The second-order valence-electron chi connectivity index (χ2n) is 5.02. The SMILES string of the molecule is CC1CC2CNCC2N1C(=O)c1cc(Cl)sc1Cl. The van der Waals surface area contributed by atoms with Crippen LogP contribution in [0.1, 0.15) is 23.7 Å². The van der Waals surface area contributed by atoms with Crippen LogP contribution in [-0.4, -0.2) is 36.0 Å². The van der Waals surface area contributed by atoms with Gasteiger partial charge in [-0.1, -0.05) is 23.2 Å². The van der Waals surface area contributed by atoms with Crippen molar-refractivity contribution >= 4 is 40.4 Å². The summed E-state index contributed by atoms with van der Waals surface area (Å²) in [5.74, 6) is 0.601. The molecular formula is C12H14Cl2N2OS. The number of nitrogens with one attached hydrogen (secondary N) is 1. The standard InChI is InChI=1S/C12H14Cl2N2OS/c1-6-2-7-4-15-5-9(7)16(6)12(17)8-3-10(13)18-11(8)14/h3,6-7,9,15H,2,4-5H2,1H3. The lowest BCUT2D eigenvalue weighted by atomic mass is 10.0. The second-order valence-corrected chi connectivity index (χ2v) is 7.31. The molecule has 1 aromatic heterocycles. The summed E-state index contributed by atoms with van der Waals surface area (Å²) in [6.45, 7) is 4.01. The lowest BCUT2D eigenvalue weighted by molar-refractivity contribution is 0.0683. The maximum absolute atomic E-state index is 12.6. The van der Waals surface area contributed by atoms with Crippen molar-refractivity contribution in [2.24, 2.45) is 5.92 Å². The smallest absolute Gasteiger partial charge is 0.256 e. The van der Waals surface area contributed by atoms with Gasteiger partial charge in [-0.3, -0.25) is 4.79 Å². The molecule has 2 aliphatic rings. The highest BCUT2D eigenvalue weighted by Crippen LogP contribution is 2.37. The molecule has 0 aliphatic carbocycles. The highest BCUT2D eigenvalue weighted by Gasteiger charge is 2.44. The topological polar surface area (TPSA) is 32.3 Å². The molecule has 0 bridgehead atoms. The first-order valence-electron chi connectivity index (χ1n) is 6.06. The van der Waals surface area contributed by atoms with Gasteiger partial charge in [-0.05, 0) is 25.3 Å². The van der Waals surface area contributed by atoms with Crippen LogP contribution in [-0.2, 0) is 0 Å². The van der Waals surface area contributed by atoms with Crippen LogP contribution in [0.3, 0.4) is 0 Å². The number of carbonyl (C=O) groups is 1. The molecule has 1 aromatic rings. The molecule has 0 radical (unpaired) electrons. The fourth-order valence-electron chi connectivity index (χ4n) is 3.14. The van der Waals surface area contributed by atoms with Gasteiger partial charge in [-0.25, -0.2) is 0 Å². The molecule has 1 N–H and O–H groups in total. The molecular weight excluding hydrogens is 291 g/mol. The predicted molar refractivity (Wildman–Crippen MR) is 74.7 cm³/mol. The summed E-state index contributed by atoms with van der Waals surface area (Å²) in [6, 6.07) is 2.27. The van der Waals surface area contributed by atoms with Crippen LogP contribution in [0.15, 0.2) is 6.07 Å². The summed E-state index contributed by atoms with van der Waals surface area (Å²) >= 11 is 13.2. The van der Waals surface area contributed by atoms with Crippen LogP contribution >= 0.6 is 34.5 Å². The molecule has 0 spiro atoms. The van der Waals surface area contributed by atoms with E-state index in [0.29, 0.717) is 26.2 Å². The summed E-state index contributed by atoms with van der Waals surface area (Å²) in [4.78, 5) is 14.6. The Morgan fingerprint density at radius 1 is 1.50 bits per heavy atom. The third-order valence-electron chi connectivity index (χ3n) is 3.90. The highest BCUT2D eigenvalue weighted by molar-refractivity contribution is 7.20. The zero-order valence-electron chi connectivity index (χ0n) is 9.95. The Morgan fingerprint density at radius 3 is 2.94 bits per heavy atom. The molecule has 3 rings (SSSR count). The fourth-order valence-corrected chi connectivity index (χ4v) is 4.59. The van der Waals surface area contributed by atoms with E-state index in [0.717, 1.165) is 19.5 Å². The third kappa shape index (κ3) is 1.95. The van der Waals surface area contributed by atoms with Crippen LogP contribution in [0.25, 0.3) is 0 Å². The van der Waals surface area contributed by atoms with Gasteiger partial charge in [0.2, 0.25) is 0 Å². The third-order valence-corrected chi connectivity index (χ3v) is 5.39. The summed E-state index contributed by atoms with van der Waals surface area (Å²) in [6.07, 6.45) is 1.07. The van der Waals surface area contributed by atoms with Gasteiger partial charge >= 0.3 is 0 Å². The number of amides is 1.